The van der Waals surface area contributed by atoms with E-state index in [0.29, 0.717) is 16.8 Å². The molecule has 0 fully saturated rings. The fourth-order valence-electron chi connectivity index (χ4n) is 1.66. The van der Waals surface area contributed by atoms with E-state index in [-0.39, 0.29) is 5.88 Å². The highest BCUT2D eigenvalue weighted by atomic mass is 19.1. The summed E-state index contributed by atoms with van der Waals surface area (Å²) in [4.78, 5) is 3.77. The van der Waals surface area contributed by atoms with Crippen LogP contribution in [0.4, 0.5) is 10.3 Å². The number of nitrogens with two attached hydrogens (primary N) is 1. The van der Waals surface area contributed by atoms with Gasteiger partial charge < -0.3 is 10.3 Å². The first-order valence-electron chi connectivity index (χ1n) is 5.11. The molecule has 0 saturated heterocycles. The number of rotatable bonds is 2. The van der Waals surface area contributed by atoms with Gasteiger partial charge in [-0.1, -0.05) is 11.2 Å². The number of halogens is 1. The van der Waals surface area contributed by atoms with Crippen molar-refractivity contribution in [2.45, 2.75) is 0 Å². The van der Waals surface area contributed by atoms with Crippen LogP contribution in [0.2, 0.25) is 0 Å². The monoisotopic (exact) mass is 245 g/mol. The highest BCUT2D eigenvalue weighted by Crippen LogP contribution is 2.27. The maximum absolute atomic E-state index is 14.0. The molecule has 0 aliphatic carbocycles. The van der Waals surface area contributed by atoms with Crippen LogP contribution in [-0.2, 0) is 0 Å². The van der Waals surface area contributed by atoms with Crippen molar-refractivity contribution in [2.24, 2.45) is 0 Å². The van der Waals surface area contributed by atoms with Crippen LogP contribution in [0, 0.1) is 5.82 Å². The molecule has 3 aromatic rings. The van der Waals surface area contributed by atoms with Crippen LogP contribution >= 0.6 is 0 Å². The quantitative estimate of drug-likeness (QED) is 0.742. The Morgan fingerprint density at radius 3 is 2.83 bits per heavy atom. The Morgan fingerprint density at radius 1 is 1.33 bits per heavy atom. The summed E-state index contributed by atoms with van der Waals surface area (Å²) in [5.41, 5.74) is 7.03. The molecule has 2 N–H and O–H groups in total. The van der Waals surface area contributed by atoms with Gasteiger partial charge in [-0.05, 0) is 17.7 Å². The summed E-state index contributed by atoms with van der Waals surface area (Å²) in [5.74, 6) is -0.276. The van der Waals surface area contributed by atoms with Gasteiger partial charge in [-0.3, -0.25) is 0 Å². The van der Waals surface area contributed by atoms with Gasteiger partial charge in [0.15, 0.2) is 0 Å². The molecular formula is C11H8FN5O. The number of nitrogen functional groups attached to an aromatic ring is 1. The molecule has 0 spiro atoms. The van der Waals surface area contributed by atoms with Gasteiger partial charge in [0.2, 0.25) is 5.88 Å². The van der Waals surface area contributed by atoms with E-state index in [2.05, 4.69) is 15.2 Å². The Balaban J connectivity index is 2.07. The van der Waals surface area contributed by atoms with E-state index in [9.17, 15) is 4.39 Å². The van der Waals surface area contributed by atoms with E-state index >= 15 is 0 Å². The van der Waals surface area contributed by atoms with Crippen LogP contribution in [0.25, 0.3) is 16.8 Å². The van der Waals surface area contributed by atoms with Crippen molar-refractivity contribution in [3.63, 3.8) is 0 Å². The lowest BCUT2D eigenvalue weighted by Crippen LogP contribution is -1.98. The van der Waals surface area contributed by atoms with Crippen molar-refractivity contribution in [2.75, 3.05) is 5.73 Å². The Kier molecular flexibility index (Phi) is 2.30. The first-order chi connectivity index (χ1) is 8.75. The molecule has 18 heavy (non-hydrogen) atoms. The van der Waals surface area contributed by atoms with Crippen LogP contribution in [0.3, 0.4) is 0 Å². The second kappa shape index (κ2) is 3.95. The zero-order valence-electron chi connectivity index (χ0n) is 9.12. The summed E-state index contributed by atoms with van der Waals surface area (Å²) in [6.07, 6.45) is 4.20. The van der Waals surface area contributed by atoms with Crippen molar-refractivity contribution in [3.8, 4) is 16.8 Å². The number of nitrogens with zero attached hydrogens (tertiary/aromatic N) is 4. The molecule has 2 aromatic heterocycles. The number of anilines is 1. The third kappa shape index (κ3) is 1.61. The summed E-state index contributed by atoms with van der Waals surface area (Å²) >= 11 is 0. The van der Waals surface area contributed by atoms with Crippen molar-refractivity contribution >= 4 is 5.88 Å². The Labute approximate surface area is 101 Å². The number of hydrogen-bond acceptors (Lipinski definition) is 5. The van der Waals surface area contributed by atoms with E-state index in [1.54, 1.807) is 12.1 Å². The average Bonchev–Trinajstić information content (AvgIpc) is 2.99. The minimum absolute atomic E-state index is 0.155. The van der Waals surface area contributed by atoms with E-state index in [1.165, 1.54) is 29.6 Å². The number of aromatic nitrogens is 4. The van der Waals surface area contributed by atoms with Crippen LogP contribution in [0.1, 0.15) is 0 Å². The van der Waals surface area contributed by atoms with Crippen LogP contribution < -0.4 is 5.73 Å². The number of benzene rings is 1. The van der Waals surface area contributed by atoms with Gasteiger partial charge in [-0.25, -0.2) is 14.1 Å². The molecule has 3 rings (SSSR count). The lowest BCUT2D eigenvalue weighted by molar-refractivity contribution is 0.436. The molecule has 0 aliphatic heterocycles. The Bertz CT molecular complexity index is 677. The third-order valence-corrected chi connectivity index (χ3v) is 2.52. The van der Waals surface area contributed by atoms with E-state index in [1.807, 2.05) is 0 Å². The fraction of sp³-hybridized carbons (Fsp3) is 0. The Morgan fingerprint density at radius 2 is 2.22 bits per heavy atom. The molecule has 0 unspecified atom stereocenters. The van der Waals surface area contributed by atoms with Gasteiger partial charge in [0.05, 0.1) is 11.8 Å². The molecule has 6 nitrogen and oxygen atoms in total. The van der Waals surface area contributed by atoms with Crippen molar-refractivity contribution in [3.05, 3.63) is 42.9 Å². The first kappa shape index (κ1) is 10.5. The van der Waals surface area contributed by atoms with E-state index in [4.69, 9.17) is 10.3 Å². The minimum Gasteiger partial charge on any atom is -0.367 e. The zero-order chi connectivity index (χ0) is 12.5. The number of hydrogen-bond donors (Lipinski definition) is 1. The predicted octanol–water partition coefficient (Wildman–Crippen LogP) is 1.64. The smallest absolute Gasteiger partial charge is 0.229 e. The minimum atomic E-state index is -0.432. The summed E-state index contributed by atoms with van der Waals surface area (Å²) < 4.78 is 20.0. The largest absolute Gasteiger partial charge is 0.367 e. The molecular weight excluding hydrogens is 237 g/mol. The van der Waals surface area contributed by atoms with Crippen molar-refractivity contribution in [1.82, 2.24) is 19.9 Å². The van der Waals surface area contributed by atoms with Gasteiger partial charge in [0.1, 0.15) is 24.2 Å². The maximum Gasteiger partial charge on any atom is 0.229 e. The van der Waals surface area contributed by atoms with Gasteiger partial charge in [0, 0.05) is 0 Å². The molecule has 1 aromatic carbocycles. The summed E-state index contributed by atoms with van der Waals surface area (Å²) in [6.45, 7) is 0. The van der Waals surface area contributed by atoms with E-state index in [0.717, 1.165) is 0 Å². The topological polar surface area (TPSA) is 82.8 Å². The molecule has 0 atom stereocenters. The predicted molar refractivity (Wildman–Crippen MR) is 61.2 cm³/mol. The van der Waals surface area contributed by atoms with E-state index < -0.39 is 5.82 Å². The van der Waals surface area contributed by atoms with Gasteiger partial charge in [-0.15, -0.1) is 0 Å². The molecule has 7 heteroatoms. The SMILES string of the molecule is Nc1oncc1-c1ccc(-n2cncn2)c(F)c1. The van der Waals surface area contributed by atoms with Gasteiger partial charge in [-0.2, -0.15) is 5.10 Å². The second-order valence-corrected chi connectivity index (χ2v) is 3.61. The molecule has 0 saturated carbocycles. The van der Waals surface area contributed by atoms with Gasteiger partial charge >= 0.3 is 0 Å². The fourth-order valence-corrected chi connectivity index (χ4v) is 1.66. The summed E-state index contributed by atoms with van der Waals surface area (Å²) in [7, 11) is 0. The molecule has 0 aliphatic rings. The molecule has 0 amide bonds. The normalized spacial score (nSPS) is 10.7. The van der Waals surface area contributed by atoms with Crippen molar-refractivity contribution < 1.29 is 8.91 Å². The average molecular weight is 245 g/mol. The lowest BCUT2D eigenvalue weighted by Gasteiger charge is -2.04. The van der Waals surface area contributed by atoms with Crippen LogP contribution in [0.15, 0.2) is 41.6 Å². The Hall–Kier alpha value is -2.70. The second-order valence-electron chi connectivity index (χ2n) is 3.61. The standard InChI is InChI=1S/C11H8FN5O/c12-9-3-7(8-4-16-18-11(8)13)1-2-10(9)17-6-14-5-15-17/h1-6H,13H2. The summed E-state index contributed by atoms with van der Waals surface area (Å²) in [5, 5.41) is 7.42. The highest BCUT2D eigenvalue weighted by molar-refractivity contribution is 5.72. The summed E-state index contributed by atoms with van der Waals surface area (Å²) in [6, 6.07) is 4.65. The van der Waals surface area contributed by atoms with Crippen LogP contribution in [-0.4, -0.2) is 19.9 Å². The third-order valence-electron chi connectivity index (χ3n) is 2.52. The van der Waals surface area contributed by atoms with Crippen LogP contribution in [0.5, 0.6) is 0 Å². The maximum atomic E-state index is 14.0. The first-order valence-corrected chi connectivity index (χ1v) is 5.11. The van der Waals surface area contributed by atoms with Gasteiger partial charge in [0.25, 0.3) is 0 Å². The lowest BCUT2D eigenvalue weighted by atomic mass is 10.1. The molecule has 0 radical (unpaired) electrons. The molecule has 90 valence electrons. The highest BCUT2D eigenvalue weighted by Gasteiger charge is 2.11. The molecule has 2 heterocycles. The van der Waals surface area contributed by atoms with Crippen molar-refractivity contribution in [1.29, 1.82) is 0 Å². The molecule has 0 bridgehead atoms. The zero-order valence-corrected chi connectivity index (χ0v) is 9.12.